The van der Waals surface area contributed by atoms with Gasteiger partial charge in [0.15, 0.2) is 0 Å². The van der Waals surface area contributed by atoms with Crippen molar-refractivity contribution in [1.29, 1.82) is 0 Å². The van der Waals surface area contributed by atoms with Gasteiger partial charge in [0.2, 0.25) is 0 Å². The molecule has 168 valence electrons. The van der Waals surface area contributed by atoms with Gasteiger partial charge in [-0.25, -0.2) is 4.79 Å². The number of likely N-dealkylation sites (tertiary alicyclic amines) is 1. The van der Waals surface area contributed by atoms with E-state index in [2.05, 4.69) is 16.4 Å². The summed E-state index contributed by atoms with van der Waals surface area (Å²) in [6.45, 7) is 8.30. The summed E-state index contributed by atoms with van der Waals surface area (Å²) in [6, 6.07) is 7.27. The third kappa shape index (κ3) is 5.18. The highest BCUT2D eigenvalue weighted by Gasteiger charge is 2.25. The lowest BCUT2D eigenvalue weighted by atomic mass is 9.96. The zero-order valence-corrected chi connectivity index (χ0v) is 19.1. The molecule has 0 aliphatic carbocycles. The highest BCUT2D eigenvalue weighted by Crippen LogP contribution is 2.34. The Bertz CT molecular complexity index is 909. The summed E-state index contributed by atoms with van der Waals surface area (Å²) in [6.07, 6.45) is 6.84. The van der Waals surface area contributed by atoms with E-state index in [1.54, 1.807) is 12.1 Å². The Balaban J connectivity index is 2.02. The first-order valence-electron chi connectivity index (χ1n) is 11.4. The van der Waals surface area contributed by atoms with Gasteiger partial charge in [-0.15, -0.1) is 0 Å². The topological polar surface area (TPSA) is 77.6 Å². The Morgan fingerprint density at radius 2 is 1.74 bits per heavy atom. The Labute approximate surface area is 185 Å². The molecular weight excluding hydrogens is 390 g/mol. The lowest BCUT2D eigenvalue weighted by Gasteiger charge is -2.27. The molecule has 31 heavy (non-hydrogen) atoms. The highest BCUT2D eigenvalue weighted by atomic mass is 16.5. The maximum Gasteiger partial charge on any atom is 0.337 e. The number of nitrogens with two attached hydrogens (primary N) is 1. The molecule has 1 aliphatic heterocycles. The first-order chi connectivity index (χ1) is 15.0. The predicted molar refractivity (Wildman–Crippen MR) is 123 cm³/mol. The average Bonchev–Trinajstić information content (AvgIpc) is 3.07. The largest absolute Gasteiger partial charge is 0.465 e. The minimum atomic E-state index is -0.404. The van der Waals surface area contributed by atoms with Gasteiger partial charge in [-0.3, -0.25) is 4.79 Å². The number of unbranched alkanes of at least 4 members (excludes halogenated alkanes) is 1. The van der Waals surface area contributed by atoms with Gasteiger partial charge in [-0.1, -0.05) is 31.9 Å². The number of primary amides is 1. The van der Waals surface area contributed by atoms with Gasteiger partial charge >= 0.3 is 5.97 Å². The van der Waals surface area contributed by atoms with Crippen molar-refractivity contribution in [1.82, 2.24) is 9.47 Å². The lowest BCUT2D eigenvalue weighted by molar-refractivity contribution is 0.0600. The number of carbonyl (C=O) groups is 2. The monoisotopic (exact) mass is 425 g/mol. The van der Waals surface area contributed by atoms with Crippen LogP contribution in [0.4, 0.5) is 0 Å². The average molecular weight is 426 g/mol. The SMILES string of the molecule is CCCCc1c(-c2ccc(C(=O)OC)cc2)c(C(N)=O)c(C)n1CCN1CCCCC1. The van der Waals surface area contributed by atoms with Gasteiger partial charge in [0, 0.05) is 30.0 Å². The molecule has 0 spiro atoms. The summed E-state index contributed by atoms with van der Waals surface area (Å²) in [5, 5.41) is 0. The van der Waals surface area contributed by atoms with Crippen molar-refractivity contribution in [2.45, 2.75) is 58.9 Å². The molecule has 0 saturated carbocycles. The number of hydrogen-bond acceptors (Lipinski definition) is 4. The molecule has 0 radical (unpaired) electrons. The quantitative estimate of drug-likeness (QED) is 0.612. The van der Waals surface area contributed by atoms with Gasteiger partial charge < -0.3 is 19.9 Å². The van der Waals surface area contributed by atoms with E-state index in [1.165, 1.54) is 26.4 Å². The molecule has 1 aliphatic rings. The van der Waals surface area contributed by atoms with Crippen LogP contribution in [0, 0.1) is 6.92 Å². The molecule has 0 bridgehead atoms. The number of rotatable bonds is 9. The fourth-order valence-electron chi connectivity index (χ4n) is 4.63. The summed E-state index contributed by atoms with van der Waals surface area (Å²) in [7, 11) is 1.37. The Kier molecular flexibility index (Phi) is 7.91. The zero-order chi connectivity index (χ0) is 22.4. The zero-order valence-electron chi connectivity index (χ0n) is 19.1. The number of hydrogen-bond donors (Lipinski definition) is 1. The number of nitrogens with zero attached hydrogens (tertiary/aromatic N) is 2. The number of carbonyl (C=O) groups excluding carboxylic acids is 2. The summed E-state index contributed by atoms with van der Waals surface area (Å²) in [4.78, 5) is 26.9. The van der Waals surface area contributed by atoms with Gasteiger partial charge in [0.1, 0.15) is 0 Å². The van der Waals surface area contributed by atoms with Crippen LogP contribution in [0.3, 0.4) is 0 Å². The smallest absolute Gasteiger partial charge is 0.337 e. The van der Waals surface area contributed by atoms with Crippen LogP contribution in [0.5, 0.6) is 0 Å². The third-order valence-corrected chi connectivity index (χ3v) is 6.33. The van der Waals surface area contributed by atoms with Crippen molar-refractivity contribution >= 4 is 11.9 Å². The lowest BCUT2D eigenvalue weighted by Crippen LogP contribution is -2.33. The van der Waals surface area contributed by atoms with Gasteiger partial charge in [0.05, 0.1) is 18.2 Å². The molecule has 2 aromatic rings. The molecule has 1 fully saturated rings. The number of methoxy groups -OCH3 is 1. The molecule has 3 rings (SSSR count). The molecule has 6 heteroatoms. The van der Waals surface area contributed by atoms with Gasteiger partial charge in [0.25, 0.3) is 5.91 Å². The minimum absolute atomic E-state index is 0.372. The normalized spacial score (nSPS) is 14.5. The van der Waals surface area contributed by atoms with Crippen molar-refractivity contribution in [2.24, 2.45) is 5.73 Å². The molecule has 1 aromatic heterocycles. The second kappa shape index (κ2) is 10.6. The van der Waals surface area contributed by atoms with Crippen molar-refractivity contribution < 1.29 is 14.3 Å². The minimum Gasteiger partial charge on any atom is -0.465 e. The maximum absolute atomic E-state index is 12.5. The first kappa shape index (κ1) is 23.1. The maximum atomic E-state index is 12.5. The number of amides is 1. The fourth-order valence-corrected chi connectivity index (χ4v) is 4.63. The fraction of sp³-hybridized carbons (Fsp3) is 0.520. The molecule has 1 aromatic carbocycles. The second-order valence-electron chi connectivity index (χ2n) is 8.37. The van der Waals surface area contributed by atoms with Crippen LogP contribution >= 0.6 is 0 Å². The third-order valence-electron chi connectivity index (χ3n) is 6.33. The summed E-state index contributed by atoms with van der Waals surface area (Å²) < 4.78 is 7.11. The van der Waals surface area contributed by atoms with Crippen LogP contribution in [0.2, 0.25) is 0 Å². The van der Waals surface area contributed by atoms with Gasteiger partial charge in [-0.05, 0) is 63.4 Å². The predicted octanol–water partition coefficient (Wildman–Crippen LogP) is 4.18. The van der Waals surface area contributed by atoms with Crippen LogP contribution in [-0.4, -0.2) is 48.1 Å². The van der Waals surface area contributed by atoms with Crippen LogP contribution in [0.1, 0.15) is 71.1 Å². The Hall–Kier alpha value is -2.60. The van der Waals surface area contributed by atoms with E-state index in [0.717, 1.165) is 68.0 Å². The molecule has 2 N–H and O–H groups in total. The molecule has 0 atom stereocenters. The van der Waals surface area contributed by atoms with E-state index in [9.17, 15) is 9.59 Å². The molecule has 2 heterocycles. The summed E-state index contributed by atoms with van der Waals surface area (Å²) in [5.74, 6) is -0.776. The van der Waals surface area contributed by atoms with Gasteiger partial charge in [-0.2, -0.15) is 0 Å². The van der Waals surface area contributed by atoms with Crippen molar-refractivity contribution in [2.75, 3.05) is 26.7 Å². The molecular formula is C25H35N3O3. The van der Waals surface area contributed by atoms with E-state index in [1.807, 2.05) is 19.1 Å². The first-order valence-corrected chi connectivity index (χ1v) is 11.4. The number of benzene rings is 1. The molecule has 1 amide bonds. The molecule has 6 nitrogen and oxygen atoms in total. The number of esters is 1. The Morgan fingerprint density at radius 3 is 2.32 bits per heavy atom. The van der Waals surface area contributed by atoms with Crippen molar-refractivity contribution in [3.05, 3.63) is 46.8 Å². The number of piperidine rings is 1. The Morgan fingerprint density at radius 1 is 1.06 bits per heavy atom. The summed E-state index contributed by atoms with van der Waals surface area (Å²) >= 11 is 0. The van der Waals surface area contributed by atoms with Crippen LogP contribution in [-0.2, 0) is 17.7 Å². The number of aromatic nitrogens is 1. The van der Waals surface area contributed by atoms with E-state index >= 15 is 0 Å². The molecule has 1 saturated heterocycles. The van der Waals surface area contributed by atoms with Crippen molar-refractivity contribution in [3.63, 3.8) is 0 Å². The van der Waals surface area contributed by atoms with E-state index < -0.39 is 5.91 Å². The van der Waals surface area contributed by atoms with Crippen LogP contribution in [0.25, 0.3) is 11.1 Å². The van der Waals surface area contributed by atoms with E-state index in [0.29, 0.717) is 11.1 Å². The summed E-state index contributed by atoms with van der Waals surface area (Å²) in [5.41, 5.74) is 10.9. The molecule has 0 unspecified atom stereocenters. The van der Waals surface area contributed by atoms with E-state index in [-0.39, 0.29) is 5.97 Å². The second-order valence-corrected chi connectivity index (χ2v) is 8.37. The van der Waals surface area contributed by atoms with Crippen LogP contribution < -0.4 is 5.73 Å². The van der Waals surface area contributed by atoms with E-state index in [4.69, 9.17) is 10.5 Å². The standard InChI is InChI=1S/C25H35N3O3/c1-4-5-9-21-23(19-10-12-20(13-11-19)25(30)31-3)22(24(26)29)18(2)28(21)17-16-27-14-7-6-8-15-27/h10-13H,4-9,14-17H2,1-3H3,(H2,26,29). The van der Waals surface area contributed by atoms with Crippen molar-refractivity contribution in [3.8, 4) is 11.1 Å². The number of ether oxygens (including phenoxy) is 1. The highest BCUT2D eigenvalue weighted by molar-refractivity contribution is 6.02. The van der Waals surface area contributed by atoms with Crippen LogP contribution in [0.15, 0.2) is 24.3 Å².